The number of methoxy groups -OCH3 is 1. The minimum atomic E-state index is -2.53. The zero-order valence-electron chi connectivity index (χ0n) is 35.2. The summed E-state index contributed by atoms with van der Waals surface area (Å²) in [4.78, 5) is 47.1. The Hall–Kier alpha value is -5.88. The Balaban J connectivity index is 1.06. The van der Waals surface area contributed by atoms with Gasteiger partial charge in [-0.25, -0.2) is 5.01 Å². The molecule has 1 saturated heterocycles. The Bertz CT molecular complexity index is 2510. The third-order valence-electron chi connectivity index (χ3n) is 13.6. The van der Waals surface area contributed by atoms with Gasteiger partial charge in [0.2, 0.25) is 11.8 Å². The molecular weight excluding hydrogens is 781 g/mol. The number of anilines is 2. The van der Waals surface area contributed by atoms with E-state index in [1.54, 1.807) is 7.11 Å². The first-order valence-electron chi connectivity index (χ1n) is 21.3. The van der Waals surface area contributed by atoms with Crippen LogP contribution in [-0.4, -0.2) is 67.4 Å². The second-order valence-electron chi connectivity index (χ2n) is 17.4. The quantitative estimate of drug-likeness (QED) is 0.148. The molecule has 1 spiro atoms. The van der Waals surface area contributed by atoms with E-state index >= 15 is 4.79 Å². The molecule has 0 bridgehead atoms. The van der Waals surface area contributed by atoms with Crippen LogP contribution in [0.2, 0.25) is 18.6 Å². The molecule has 9 rings (SSSR count). The summed E-state index contributed by atoms with van der Waals surface area (Å²) in [7, 11) is -0.878. The number of hydrogen-bond acceptors (Lipinski definition) is 7. The highest BCUT2D eigenvalue weighted by Crippen LogP contribution is 2.60. The van der Waals surface area contributed by atoms with Gasteiger partial charge in [-0.3, -0.25) is 14.4 Å². The highest BCUT2D eigenvalue weighted by molar-refractivity contribution is 6.91. The topological polar surface area (TPSA) is 112 Å². The number of aliphatic hydroxyl groups excluding tert-OH is 1. The molecule has 4 aliphatic rings. The molecule has 4 heterocycles. The molecule has 5 aromatic rings. The summed E-state index contributed by atoms with van der Waals surface area (Å²) >= 11 is 0. The van der Waals surface area contributed by atoms with Crippen molar-refractivity contribution >= 4 is 48.1 Å². The van der Waals surface area contributed by atoms with Gasteiger partial charge in [-0.05, 0) is 64.5 Å². The summed E-state index contributed by atoms with van der Waals surface area (Å²) in [5.74, 6) is 0.128. The van der Waals surface area contributed by atoms with E-state index in [1.165, 1.54) is 10.2 Å². The average Bonchev–Trinajstić information content (AvgIpc) is 3.72. The summed E-state index contributed by atoms with van der Waals surface area (Å²) < 4.78 is 12.8. The Labute approximate surface area is 358 Å². The lowest BCUT2D eigenvalue weighted by atomic mass is 9.82. The van der Waals surface area contributed by atoms with Gasteiger partial charge in [-0.15, -0.1) is 0 Å². The minimum Gasteiger partial charge on any atom is -0.497 e. The Morgan fingerprint density at radius 2 is 1.61 bits per heavy atom. The van der Waals surface area contributed by atoms with Crippen LogP contribution in [0.15, 0.2) is 132 Å². The van der Waals surface area contributed by atoms with Gasteiger partial charge in [0, 0.05) is 30.9 Å². The van der Waals surface area contributed by atoms with Crippen molar-refractivity contribution in [3.8, 4) is 5.75 Å². The molecule has 0 saturated carbocycles. The van der Waals surface area contributed by atoms with Crippen molar-refractivity contribution < 1.29 is 29.0 Å². The average molecular weight is 833 g/mol. The molecule has 0 aliphatic carbocycles. The van der Waals surface area contributed by atoms with Crippen LogP contribution < -0.4 is 19.8 Å². The van der Waals surface area contributed by atoms with E-state index in [0.717, 1.165) is 45.0 Å². The van der Waals surface area contributed by atoms with Gasteiger partial charge in [0.05, 0.1) is 64.0 Å². The van der Waals surface area contributed by atoms with E-state index in [0.29, 0.717) is 31.5 Å². The molecule has 1 fully saturated rings. The third kappa shape index (κ3) is 7.08. The van der Waals surface area contributed by atoms with E-state index in [1.807, 2.05) is 119 Å². The van der Waals surface area contributed by atoms with Crippen LogP contribution >= 0.6 is 0 Å². The van der Waals surface area contributed by atoms with E-state index < -0.39 is 19.8 Å². The van der Waals surface area contributed by atoms with Crippen molar-refractivity contribution in [1.82, 2.24) is 4.90 Å². The third-order valence-corrected chi connectivity index (χ3v) is 18.0. The predicted molar refractivity (Wildman–Crippen MR) is 240 cm³/mol. The fourth-order valence-electron chi connectivity index (χ4n) is 10.5. The van der Waals surface area contributed by atoms with Crippen molar-refractivity contribution in [2.45, 2.75) is 82.1 Å². The highest BCUT2D eigenvalue weighted by atomic mass is 28.3. The summed E-state index contributed by atoms with van der Waals surface area (Å²) in [5.41, 5.74) is 5.62. The number of rotatable bonds is 10. The van der Waals surface area contributed by atoms with Crippen molar-refractivity contribution in [1.29, 1.82) is 0 Å². The van der Waals surface area contributed by atoms with Crippen LogP contribution in [0.3, 0.4) is 0 Å². The molecule has 11 heteroatoms. The number of benzene rings is 5. The Kier molecular flexibility index (Phi) is 10.8. The van der Waals surface area contributed by atoms with Gasteiger partial charge in [0.15, 0.2) is 5.60 Å². The molecule has 1 N–H and O–H groups in total. The Morgan fingerprint density at radius 1 is 0.885 bits per heavy atom. The van der Waals surface area contributed by atoms with Crippen LogP contribution in [0.25, 0.3) is 0 Å². The lowest BCUT2D eigenvalue weighted by Crippen LogP contribution is -2.52. The van der Waals surface area contributed by atoms with Gasteiger partial charge in [-0.2, -0.15) is 5.10 Å². The molecule has 0 unspecified atom stereocenters. The molecule has 0 radical (unpaired) electrons. The first-order valence-corrected chi connectivity index (χ1v) is 24.4. The summed E-state index contributed by atoms with van der Waals surface area (Å²) in [6.07, 6.45) is 0.992. The highest BCUT2D eigenvalue weighted by Gasteiger charge is 2.66. The standard InChI is InChI=1S/C50H52N4O6Si/c1-33-48(61(3,4)41-23-21-40(59-2)22-24-41)45(29-47(57)52-31-37-17-9-8-16-36(37)28-39(52)32-55)60-50(33)42-19-10-11-20-44(42)53(49(50)58)30-34-13-12-18-38(27-34)54-46(56)26-25-43(51-54)35-14-6-5-7-15-35/h5-24,27,33,39,45,48,55H,25-26,28-32H2,1-4H3/t33-,39+,45+,48-,50+/m1/s1. The van der Waals surface area contributed by atoms with Crippen LogP contribution in [0.1, 0.15) is 54.0 Å². The number of hydrogen-bond donors (Lipinski definition) is 1. The molecule has 0 aromatic heterocycles. The normalized spacial score (nSPS) is 23.6. The van der Waals surface area contributed by atoms with Crippen LogP contribution in [0.5, 0.6) is 5.75 Å². The lowest BCUT2D eigenvalue weighted by Gasteiger charge is -2.39. The largest absolute Gasteiger partial charge is 0.497 e. The molecule has 4 aliphatic heterocycles. The fourth-order valence-corrected chi connectivity index (χ4v) is 14.5. The van der Waals surface area contributed by atoms with Crippen LogP contribution in [0.4, 0.5) is 11.4 Å². The maximum absolute atomic E-state index is 15.5. The summed E-state index contributed by atoms with van der Waals surface area (Å²) in [6.45, 7) is 7.27. The van der Waals surface area contributed by atoms with Crippen LogP contribution in [-0.2, 0) is 44.2 Å². The number of hydrazone groups is 1. The second kappa shape index (κ2) is 16.2. The predicted octanol–water partition coefficient (Wildman–Crippen LogP) is 7.33. The maximum Gasteiger partial charge on any atom is 0.264 e. The number of amides is 3. The first-order chi connectivity index (χ1) is 29.5. The zero-order valence-corrected chi connectivity index (χ0v) is 36.2. The van der Waals surface area contributed by atoms with Gasteiger partial charge >= 0.3 is 0 Å². The van der Waals surface area contributed by atoms with Crippen molar-refractivity contribution in [3.63, 3.8) is 0 Å². The number of aliphatic hydroxyl groups is 1. The zero-order chi connectivity index (χ0) is 42.5. The number of carbonyl (C=O) groups excluding carboxylic acids is 3. The number of para-hydroxylation sites is 1. The molecule has 5 atom stereocenters. The Morgan fingerprint density at radius 3 is 2.36 bits per heavy atom. The molecule has 61 heavy (non-hydrogen) atoms. The monoisotopic (exact) mass is 832 g/mol. The van der Waals surface area contributed by atoms with Gasteiger partial charge in [0.25, 0.3) is 5.91 Å². The van der Waals surface area contributed by atoms with Gasteiger partial charge in [-0.1, -0.05) is 122 Å². The molecule has 10 nitrogen and oxygen atoms in total. The van der Waals surface area contributed by atoms with Gasteiger partial charge < -0.3 is 24.4 Å². The minimum absolute atomic E-state index is 0.0782. The van der Waals surface area contributed by atoms with Crippen LogP contribution in [0, 0.1) is 5.92 Å². The van der Waals surface area contributed by atoms with Crippen molar-refractivity contribution in [3.05, 3.63) is 155 Å². The van der Waals surface area contributed by atoms with Crippen molar-refractivity contribution in [2.75, 3.05) is 23.6 Å². The smallest absolute Gasteiger partial charge is 0.264 e. The number of carbonyl (C=O) groups is 3. The molecule has 312 valence electrons. The molecule has 5 aromatic carbocycles. The van der Waals surface area contributed by atoms with E-state index in [-0.39, 0.29) is 54.8 Å². The van der Waals surface area contributed by atoms with Gasteiger partial charge in [0.1, 0.15) is 5.75 Å². The van der Waals surface area contributed by atoms with Crippen molar-refractivity contribution in [2.24, 2.45) is 11.0 Å². The number of nitrogens with zero attached hydrogens (tertiary/aromatic N) is 4. The first kappa shape index (κ1) is 40.5. The fraction of sp³-hybridized carbons (Fsp3) is 0.320. The second-order valence-corrected chi connectivity index (χ2v) is 22.1. The molecular formula is C50H52N4O6Si. The summed E-state index contributed by atoms with van der Waals surface area (Å²) in [6, 6.07) is 41.4. The number of fused-ring (bicyclic) bond motifs is 3. The lowest BCUT2D eigenvalue weighted by molar-refractivity contribution is -0.151. The van der Waals surface area contributed by atoms with E-state index in [4.69, 9.17) is 14.6 Å². The summed E-state index contributed by atoms with van der Waals surface area (Å²) in [5, 5.41) is 18.0. The van der Waals surface area contributed by atoms with E-state index in [2.05, 4.69) is 38.2 Å². The number of ether oxygens (including phenoxy) is 2. The molecule has 3 amide bonds. The SMILES string of the molecule is COc1ccc([Si](C)(C)[C@H]2[C@H](CC(=O)N3Cc4ccccc4C[C@H]3CO)O[C@@]3(C(=O)N(Cc4cccc(N5N=C(c6ccccc6)CCC5=O)c4)c4ccccc43)[C@@H]2C)cc1. The van der Waals surface area contributed by atoms with E-state index in [9.17, 15) is 14.7 Å². The maximum atomic E-state index is 15.5.